The molecule has 2 rings (SSSR count). The van der Waals surface area contributed by atoms with Gasteiger partial charge in [0.25, 0.3) is 0 Å². The number of esters is 1. The Labute approximate surface area is 156 Å². The molecule has 140 valence electrons. The van der Waals surface area contributed by atoms with Gasteiger partial charge in [-0.3, -0.25) is 4.79 Å². The van der Waals surface area contributed by atoms with Crippen molar-refractivity contribution in [2.75, 3.05) is 13.2 Å². The summed E-state index contributed by atoms with van der Waals surface area (Å²) in [5, 5.41) is 0.402. The van der Waals surface area contributed by atoms with Crippen LogP contribution in [-0.4, -0.2) is 19.2 Å². The SMILES string of the molecule is CC(C)CCOc1coc(COC(=O)COc2ccccc2Cl)cc1=O. The molecule has 0 aliphatic heterocycles. The van der Waals surface area contributed by atoms with Gasteiger partial charge in [0.05, 0.1) is 11.6 Å². The van der Waals surface area contributed by atoms with E-state index in [1.165, 1.54) is 12.3 Å². The number of para-hydroxylation sites is 1. The molecule has 0 unspecified atom stereocenters. The van der Waals surface area contributed by atoms with Crippen molar-refractivity contribution in [2.45, 2.75) is 26.9 Å². The third kappa shape index (κ3) is 6.44. The number of carbonyl (C=O) groups is 1. The largest absolute Gasteiger partial charge is 0.487 e. The standard InChI is InChI=1S/C19H21ClO6/c1-13(2)7-8-23-18-11-24-14(9-16(18)21)10-26-19(22)12-25-17-6-4-3-5-15(17)20/h3-6,9,11,13H,7-8,10,12H2,1-2H3. The fourth-order valence-electron chi connectivity index (χ4n) is 1.92. The molecule has 1 aromatic heterocycles. The molecule has 0 bridgehead atoms. The molecule has 0 saturated carbocycles. The molecule has 0 atom stereocenters. The molecule has 2 aromatic rings. The zero-order valence-electron chi connectivity index (χ0n) is 14.7. The average Bonchev–Trinajstić information content (AvgIpc) is 2.60. The second kappa shape index (κ2) is 9.87. The smallest absolute Gasteiger partial charge is 0.344 e. The predicted octanol–water partition coefficient (Wildman–Crippen LogP) is 3.84. The second-order valence-electron chi connectivity index (χ2n) is 5.99. The highest BCUT2D eigenvalue weighted by molar-refractivity contribution is 6.32. The lowest BCUT2D eigenvalue weighted by Crippen LogP contribution is -2.16. The van der Waals surface area contributed by atoms with E-state index in [4.69, 9.17) is 30.2 Å². The predicted molar refractivity (Wildman–Crippen MR) is 96.7 cm³/mol. The summed E-state index contributed by atoms with van der Waals surface area (Å²) in [7, 11) is 0. The first-order valence-corrected chi connectivity index (χ1v) is 8.61. The van der Waals surface area contributed by atoms with Gasteiger partial charge in [-0.15, -0.1) is 0 Å². The Balaban J connectivity index is 1.79. The van der Waals surface area contributed by atoms with E-state index in [9.17, 15) is 9.59 Å². The average molecular weight is 381 g/mol. The van der Waals surface area contributed by atoms with Gasteiger partial charge in [0.1, 0.15) is 24.4 Å². The van der Waals surface area contributed by atoms with Gasteiger partial charge in [0.15, 0.2) is 6.61 Å². The van der Waals surface area contributed by atoms with Gasteiger partial charge in [0, 0.05) is 6.07 Å². The maximum absolute atomic E-state index is 11.9. The van der Waals surface area contributed by atoms with Crippen molar-refractivity contribution in [3.8, 4) is 11.5 Å². The number of hydrogen-bond acceptors (Lipinski definition) is 6. The van der Waals surface area contributed by atoms with Crippen molar-refractivity contribution in [3.05, 3.63) is 57.6 Å². The monoisotopic (exact) mass is 380 g/mol. The summed E-state index contributed by atoms with van der Waals surface area (Å²) in [5.41, 5.74) is -0.321. The normalized spacial score (nSPS) is 10.6. The van der Waals surface area contributed by atoms with Crippen LogP contribution in [-0.2, 0) is 16.1 Å². The highest BCUT2D eigenvalue weighted by Gasteiger charge is 2.10. The molecule has 1 aromatic carbocycles. The Morgan fingerprint density at radius 1 is 1.19 bits per heavy atom. The van der Waals surface area contributed by atoms with Gasteiger partial charge >= 0.3 is 5.97 Å². The molecule has 0 radical (unpaired) electrons. The van der Waals surface area contributed by atoms with Crippen molar-refractivity contribution < 1.29 is 23.4 Å². The van der Waals surface area contributed by atoms with Crippen LogP contribution >= 0.6 is 11.6 Å². The zero-order valence-corrected chi connectivity index (χ0v) is 15.5. The summed E-state index contributed by atoms with van der Waals surface area (Å²) in [6, 6.07) is 8.04. The molecule has 0 amide bonds. The first-order chi connectivity index (χ1) is 12.5. The molecule has 0 N–H and O–H groups in total. The van der Waals surface area contributed by atoms with E-state index in [2.05, 4.69) is 13.8 Å². The maximum atomic E-state index is 11.9. The molecule has 7 heteroatoms. The van der Waals surface area contributed by atoms with E-state index in [0.717, 1.165) is 6.42 Å². The molecule has 0 aliphatic carbocycles. The molecular formula is C19H21ClO6. The minimum absolute atomic E-state index is 0.141. The summed E-state index contributed by atoms with van der Waals surface area (Å²) in [6.45, 7) is 4.10. The van der Waals surface area contributed by atoms with Gasteiger partial charge in [-0.25, -0.2) is 4.79 Å². The topological polar surface area (TPSA) is 75.0 Å². The Bertz CT molecular complexity index is 784. The first kappa shape index (κ1) is 19.8. The van der Waals surface area contributed by atoms with Crippen LogP contribution in [0.15, 0.2) is 45.8 Å². The number of halogens is 1. The van der Waals surface area contributed by atoms with Crippen molar-refractivity contribution in [1.82, 2.24) is 0 Å². The van der Waals surface area contributed by atoms with Crippen molar-refractivity contribution >= 4 is 17.6 Å². The highest BCUT2D eigenvalue weighted by Crippen LogP contribution is 2.22. The third-order valence-corrected chi connectivity index (χ3v) is 3.67. The fraction of sp³-hybridized carbons (Fsp3) is 0.368. The molecule has 0 spiro atoms. The van der Waals surface area contributed by atoms with Crippen molar-refractivity contribution in [1.29, 1.82) is 0 Å². The molecule has 0 fully saturated rings. The summed E-state index contributed by atoms with van der Waals surface area (Å²) in [4.78, 5) is 23.7. The number of benzene rings is 1. The quantitative estimate of drug-likeness (QED) is 0.615. The highest BCUT2D eigenvalue weighted by atomic mass is 35.5. The van der Waals surface area contributed by atoms with E-state index in [0.29, 0.717) is 23.3 Å². The summed E-state index contributed by atoms with van der Waals surface area (Å²) >= 11 is 5.93. The summed E-state index contributed by atoms with van der Waals surface area (Å²) < 4.78 is 20.9. The first-order valence-electron chi connectivity index (χ1n) is 8.23. The fourth-order valence-corrected chi connectivity index (χ4v) is 2.11. The zero-order chi connectivity index (χ0) is 18.9. The van der Waals surface area contributed by atoms with Gasteiger partial charge in [-0.2, -0.15) is 0 Å². The lowest BCUT2D eigenvalue weighted by molar-refractivity contribution is -0.147. The van der Waals surface area contributed by atoms with Gasteiger partial charge in [-0.05, 0) is 24.5 Å². The van der Waals surface area contributed by atoms with Gasteiger partial charge in [-0.1, -0.05) is 37.6 Å². The lowest BCUT2D eigenvalue weighted by Gasteiger charge is -2.09. The van der Waals surface area contributed by atoms with Crippen LogP contribution in [0.2, 0.25) is 5.02 Å². The van der Waals surface area contributed by atoms with Crippen molar-refractivity contribution in [2.24, 2.45) is 5.92 Å². The van der Waals surface area contributed by atoms with E-state index in [-0.39, 0.29) is 30.2 Å². The van der Waals surface area contributed by atoms with Crippen LogP contribution in [0.3, 0.4) is 0 Å². The van der Waals surface area contributed by atoms with E-state index in [1.807, 2.05) is 0 Å². The van der Waals surface area contributed by atoms with Crippen molar-refractivity contribution in [3.63, 3.8) is 0 Å². The number of hydrogen-bond donors (Lipinski definition) is 0. The number of ether oxygens (including phenoxy) is 3. The van der Waals surface area contributed by atoms with E-state index in [1.54, 1.807) is 24.3 Å². The number of rotatable bonds is 9. The van der Waals surface area contributed by atoms with Crippen LogP contribution in [0.25, 0.3) is 0 Å². The van der Waals surface area contributed by atoms with Gasteiger partial charge in [0.2, 0.25) is 11.2 Å². The minimum Gasteiger partial charge on any atom is -0.487 e. The molecular weight excluding hydrogens is 360 g/mol. The number of carbonyl (C=O) groups excluding carboxylic acids is 1. The third-order valence-electron chi connectivity index (χ3n) is 3.36. The van der Waals surface area contributed by atoms with E-state index < -0.39 is 5.97 Å². The molecule has 6 nitrogen and oxygen atoms in total. The lowest BCUT2D eigenvalue weighted by atomic mass is 10.1. The molecule has 0 aliphatic rings. The summed E-state index contributed by atoms with van der Waals surface area (Å²) in [6.07, 6.45) is 2.07. The molecule has 0 saturated heterocycles. The Kier molecular flexibility index (Phi) is 7.53. The van der Waals surface area contributed by atoms with Crippen LogP contribution in [0.1, 0.15) is 26.0 Å². The summed E-state index contributed by atoms with van der Waals surface area (Å²) in [5.74, 6) is 0.624. The van der Waals surface area contributed by atoms with Crippen LogP contribution in [0.5, 0.6) is 11.5 Å². The minimum atomic E-state index is -0.607. The van der Waals surface area contributed by atoms with E-state index >= 15 is 0 Å². The molecule has 26 heavy (non-hydrogen) atoms. The second-order valence-corrected chi connectivity index (χ2v) is 6.39. The molecule has 1 heterocycles. The van der Waals surface area contributed by atoms with Crippen LogP contribution < -0.4 is 14.9 Å². The Hall–Kier alpha value is -2.47. The Morgan fingerprint density at radius 3 is 2.65 bits per heavy atom. The van der Waals surface area contributed by atoms with Crippen LogP contribution in [0, 0.1) is 5.92 Å². The van der Waals surface area contributed by atoms with Crippen LogP contribution in [0.4, 0.5) is 0 Å². The Morgan fingerprint density at radius 2 is 1.96 bits per heavy atom. The van der Waals surface area contributed by atoms with Gasteiger partial charge < -0.3 is 18.6 Å². The maximum Gasteiger partial charge on any atom is 0.344 e.